The normalized spacial score (nSPS) is 10.9. The van der Waals surface area contributed by atoms with E-state index in [1.807, 2.05) is 25.6 Å². The van der Waals surface area contributed by atoms with Crippen LogP contribution in [0.2, 0.25) is 0 Å². The number of aromatic nitrogens is 4. The molecule has 0 aliphatic heterocycles. The Morgan fingerprint density at radius 2 is 2.22 bits per heavy atom. The minimum Gasteiger partial charge on any atom is -0.332 e. The molecule has 0 saturated heterocycles. The van der Waals surface area contributed by atoms with Crippen molar-refractivity contribution < 1.29 is 4.79 Å². The molecule has 0 unspecified atom stereocenters. The topological polar surface area (TPSA) is 52.7 Å². The summed E-state index contributed by atoms with van der Waals surface area (Å²) in [6, 6.07) is 0. The van der Waals surface area contributed by atoms with Crippen LogP contribution in [0.15, 0.2) is 16.9 Å². The average Bonchev–Trinajstić information content (AvgIpc) is 2.87. The number of rotatable bonds is 4. The van der Waals surface area contributed by atoms with E-state index < -0.39 is 0 Å². The van der Waals surface area contributed by atoms with Crippen LogP contribution < -0.4 is 0 Å². The highest BCUT2D eigenvalue weighted by molar-refractivity contribution is 9.10. The number of nitrogens with zero attached hydrogens (tertiary/aromatic N) is 4. The molecule has 96 valence electrons. The smallest absolute Gasteiger partial charge is 0.204 e. The van der Waals surface area contributed by atoms with Crippen LogP contribution >= 0.6 is 15.9 Å². The predicted octanol–water partition coefficient (Wildman–Crippen LogP) is 2.13. The third-order valence-corrected chi connectivity index (χ3v) is 3.88. The number of ketones is 1. The van der Waals surface area contributed by atoms with Crippen LogP contribution in [0.4, 0.5) is 0 Å². The van der Waals surface area contributed by atoms with Crippen molar-refractivity contribution in [2.45, 2.75) is 26.8 Å². The zero-order valence-electron chi connectivity index (χ0n) is 10.6. The highest BCUT2D eigenvalue weighted by atomic mass is 79.9. The van der Waals surface area contributed by atoms with Crippen LogP contribution in [0.3, 0.4) is 0 Å². The van der Waals surface area contributed by atoms with Crippen LogP contribution in [0.25, 0.3) is 0 Å². The zero-order chi connectivity index (χ0) is 13.3. The fourth-order valence-electron chi connectivity index (χ4n) is 1.90. The summed E-state index contributed by atoms with van der Waals surface area (Å²) in [6.07, 6.45) is 3.70. The van der Waals surface area contributed by atoms with Gasteiger partial charge in [0.25, 0.3) is 0 Å². The van der Waals surface area contributed by atoms with E-state index in [1.165, 1.54) is 0 Å². The Hall–Kier alpha value is -1.43. The van der Waals surface area contributed by atoms with Gasteiger partial charge in [-0.2, -0.15) is 5.10 Å². The Labute approximate surface area is 114 Å². The van der Waals surface area contributed by atoms with Gasteiger partial charge in [0, 0.05) is 26.0 Å². The number of Topliss-reactive ketones (excluding diaryl/α,β-unsaturated/α-hetero) is 1. The Morgan fingerprint density at radius 1 is 1.50 bits per heavy atom. The van der Waals surface area contributed by atoms with Gasteiger partial charge in [-0.15, -0.1) is 0 Å². The molecule has 6 heteroatoms. The summed E-state index contributed by atoms with van der Waals surface area (Å²) in [5, 5.41) is 4.38. The van der Waals surface area contributed by atoms with E-state index in [0.717, 1.165) is 22.4 Å². The van der Waals surface area contributed by atoms with Gasteiger partial charge in [-0.05, 0) is 29.8 Å². The standard InChI is InChI=1S/C12H15BrN4O/c1-4-17-9(11(13)8(2)15-17)7-10(18)12-14-5-6-16(12)3/h5-6H,4,7H2,1-3H3. The summed E-state index contributed by atoms with van der Waals surface area (Å²) in [5.41, 5.74) is 1.81. The van der Waals surface area contributed by atoms with Crippen LogP contribution in [-0.4, -0.2) is 25.1 Å². The lowest BCUT2D eigenvalue weighted by Gasteiger charge is -2.05. The molecule has 0 spiro atoms. The molecule has 2 heterocycles. The van der Waals surface area contributed by atoms with Crippen molar-refractivity contribution in [1.82, 2.24) is 19.3 Å². The molecule has 5 nitrogen and oxygen atoms in total. The summed E-state index contributed by atoms with van der Waals surface area (Å²) in [5.74, 6) is 0.473. The highest BCUT2D eigenvalue weighted by Gasteiger charge is 2.18. The van der Waals surface area contributed by atoms with E-state index in [0.29, 0.717) is 12.2 Å². The van der Waals surface area contributed by atoms with Crippen LogP contribution in [-0.2, 0) is 20.0 Å². The fourth-order valence-corrected chi connectivity index (χ4v) is 2.33. The largest absolute Gasteiger partial charge is 0.332 e. The maximum Gasteiger partial charge on any atom is 0.204 e. The second-order valence-corrected chi connectivity index (χ2v) is 4.92. The van der Waals surface area contributed by atoms with Crippen molar-refractivity contribution in [2.75, 3.05) is 0 Å². The molecule has 0 radical (unpaired) electrons. The first-order valence-corrected chi connectivity index (χ1v) is 6.56. The average molecular weight is 311 g/mol. The molecular formula is C12H15BrN4O. The number of hydrogen-bond acceptors (Lipinski definition) is 3. The molecule has 18 heavy (non-hydrogen) atoms. The van der Waals surface area contributed by atoms with E-state index in [1.54, 1.807) is 17.0 Å². The van der Waals surface area contributed by atoms with Crippen molar-refractivity contribution in [3.8, 4) is 0 Å². The summed E-state index contributed by atoms with van der Waals surface area (Å²) in [7, 11) is 1.82. The van der Waals surface area contributed by atoms with Crippen molar-refractivity contribution in [1.29, 1.82) is 0 Å². The molecule has 0 saturated carbocycles. The summed E-state index contributed by atoms with van der Waals surface area (Å²) in [4.78, 5) is 16.3. The molecule has 0 fully saturated rings. The molecule has 0 atom stereocenters. The van der Waals surface area contributed by atoms with Crippen molar-refractivity contribution in [3.05, 3.63) is 34.1 Å². The van der Waals surface area contributed by atoms with E-state index >= 15 is 0 Å². The van der Waals surface area contributed by atoms with E-state index in [9.17, 15) is 4.79 Å². The van der Waals surface area contributed by atoms with Crippen molar-refractivity contribution in [3.63, 3.8) is 0 Å². The third-order valence-electron chi connectivity index (χ3n) is 2.85. The van der Waals surface area contributed by atoms with Gasteiger partial charge in [0.15, 0.2) is 5.82 Å². The first-order chi connectivity index (χ1) is 8.54. The number of imidazole rings is 1. The molecule has 0 bridgehead atoms. The van der Waals surface area contributed by atoms with Gasteiger partial charge in [0.05, 0.1) is 22.3 Å². The first kappa shape index (κ1) is 13.0. The summed E-state index contributed by atoms with van der Waals surface area (Å²) >= 11 is 3.49. The molecule has 0 amide bonds. The van der Waals surface area contributed by atoms with E-state index in [4.69, 9.17) is 0 Å². The lowest BCUT2D eigenvalue weighted by atomic mass is 10.2. The predicted molar refractivity (Wildman–Crippen MR) is 71.6 cm³/mol. The second kappa shape index (κ2) is 5.06. The minimum atomic E-state index is -0.00204. The SMILES string of the molecule is CCn1nc(C)c(Br)c1CC(=O)c1nccn1C. The quantitative estimate of drug-likeness (QED) is 0.813. The minimum absolute atomic E-state index is 0.00204. The third kappa shape index (κ3) is 2.25. The van der Waals surface area contributed by atoms with Gasteiger partial charge in [-0.1, -0.05) is 0 Å². The fraction of sp³-hybridized carbons (Fsp3) is 0.417. The van der Waals surface area contributed by atoms with Gasteiger partial charge in [-0.3, -0.25) is 9.48 Å². The summed E-state index contributed by atoms with van der Waals surface area (Å²) in [6.45, 7) is 4.67. The first-order valence-electron chi connectivity index (χ1n) is 5.76. The van der Waals surface area contributed by atoms with E-state index in [2.05, 4.69) is 26.0 Å². The molecule has 0 aliphatic rings. The molecule has 0 N–H and O–H groups in total. The molecule has 2 aromatic heterocycles. The van der Waals surface area contributed by atoms with E-state index in [-0.39, 0.29) is 5.78 Å². The number of carbonyl (C=O) groups excluding carboxylic acids is 1. The van der Waals surface area contributed by atoms with Crippen LogP contribution in [0.1, 0.15) is 28.9 Å². The monoisotopic (exact) mass is 310 g/mol. The van der Waals surface area contributed by atoms with Crippen LogP contribution in [0, 0.1) is 6.92 Å². The van der Waals surface area contributed by atoms with Gasteiger partial charge in [-0.25, -0.2) is 4.98 Å². The van der Waals surface area contributed by atoms with Gasteiger partial charge in [0.2, 0.25) is 5.78 Å². The zero-order valence-corrected chi connectivity index (χ0v) is 12.2. The van der Waals surface area contributed by atoms with Crippen molar-refractivity contribution in [2.24, 2.45) is 7.05 Å². The Kier molecular flexibility index (Phi) is 3.65. The second-order valence-electron chi connectivity index (χ2n) is 4.12. The maximum atomic E-state index is 12.2. The highest BCUT2D eigenvalue weighted by Crippen LogP contribution is 2.22. The molecular weight excluding hydrogens is 296 g/mol. The molecule has 0 aromatic carbocycles. The molecule has 0 aliphatic carbocycles. The number of aryl methyl sites for hydroxylation is 3. The Bertz CT molecular complexity index is 585. The molecule has 2 rings (SSSR count). The number of hydrogen-bond donors (Lipinski definition) is 0. The van der Waals surface area contributed by atoms with Crippen molar-refractivity contribution >= 4 is 21.7 Å². The maximum absolute atomic E-state index is 12.2. The Balaban J connectivity index is 2.30. The lowest BCUT2D eigenvalue weighted by molar-refractivity contribution is 0.0977. The number of carbonyl (C=O) groups is 1. The van der Waals surface area contributed by atoms with Gasteiger partial charge < -0.3 is 4.57 Å². The van der Waals surface area contributed by atoms with Gasteiger partial charge >= 0.3 is 0 Å². The van der Waals surface area contributed by atoms with Crippen LogP contribution in [0.5, 0.6) is 0 Å². The molecule has 2 aromatic rings. The number of halogens is 1. The Morgan fingerprint density at radius 3 is 2.78 bits per heavy atom. The summed E-state index contributed by atoms with van der Waals surface area (Å²) < 4.78 is 4.49. The lowest BCUT2D eigenvalue weighted by Crippen LogP contribution is -2.13. The van der Waals surface area contributed by atoms with Gasteiger partial charge in [0.1, 0.15) is 0 Å².